The molecule has 33 nitrogen and oxygen atoms in total. The lowest BCUT2D eigenvalue weighted by Gasteiger charge is -2.19. The van der Waals surface area contributed by atoms with Crippen LogP contribution in [0, 0.1) is 0 Å². The number of carbonyl (C=O) groups is 12. The first kappa shape index (κ1) is 78.3. The van der Waals surface area contributed by atoms with Crippen LogP contribution in [0.4, 0.5) is 0 Å². The summed E-state index contributed by atoms with van der Waals surface area (Å²) in [7, 11) is 0. The molecule has 0 spiro atoms. The molecule has 0 unspecified atom stereocenters. The molecule has 6 atom stereocenters. The summed E-state index contributed by atoms with van der Waals surface area (Å²) >= 11 is 2.92. The lowest BCUT2D eigenvalue weighted by molar-refractivity contribution is -0.140. The Bertz CT molecular complexity index is 3130. The number of nitrogens with two attached hydrogens (primary N) is 3. The normalized spacial score (nSPS) is 12.4. The zero-order chi connectivity index (χ0) is 68.5. The van der Waals surface area contributed by atoms with E-state index in [4.69, 9.17) is 47.8 Å². The summed E-state index contributed by atoms with van der Waals surface area (Å²) in [6, 6.07) is 0.803. The van der Waals surface area contributed by atoms with E-state index >= 15 is 0 Å². The van der Waals surface area contributed by atoms with Crippen LogP contribution in [0.5, 0.6) is 34.5 Å². The Balaban J connectivity index is 0.000000675. The van der Waals surface area contributed by atoms with Crippen LogP contribution < -0.4 is 49.1 Å². The standard InChI is InChI=1S/3C18H23N3O8S/c1-2-9-3-5-12(22)15(26)16(9)30-8-11(17(27)20-7-14(24)25)21-13(23)6-4-10(19)18(28)29;1-2-9-5-12(22)13(23)6-14(9)30-8-11(17(27)20-7-16(25)26)21-15(24)4-3-10(19)18(28)29;1-2-9-5-12(22)16(26)13(6-9)30-8-11(17(27)20-7-15(24)25)21-14(23)4-3-10(19)18(28)29/h2-3,5,10-11,22,26H,1,4,6-8,19H2,(H,20,27)(H,21,23)(H,24,25)(H,28,29);2,5-6,10-11,22-23H,1,3-4,7-8,19H2,(H,20,27)(H,21,24)(H,25,26)(H,28,29);2,5-6,10-11,22,26H,1,3-4,7-8,19H2,(H,20,27)(H,21,23)(H,24,25)(H,28,29)/t3*10-,11-/m000/s1. The average molecular weight is 1320 g/mol. The van der Waals surface area contributed by atoms with Gasteiger partial charge in [-0.05, 0) is 72.4 Å². The fraction of sp³-hybridized carbons (Fsp3) is 0.333. The Labute approximate surface area is 524 Å². The van der Waals surface area contributed by atoms with E-state index < -0.39 is 144 Å². The van der Waals surface area contributed by atoms with Crippen molar-refractivity contribution in [3.63, 3.8) is 0 Å². The molecule has 0 aliphatic carbocycles. The van der Waals surface area contributed by atoms with Crippen LogP contribution in [0.1, 0.15) is 55.2 Å². The van der Waals surface area contributed by atoms with Gasteiger partial charge in [0.1, 0.15) is 55.9 Å². The summed E-state index contributed by atoms with van der Waals surface area (Å²) in [5, 5.41) is 125. The van der Waals surface area contributed by atoms with Crippen molar-refractivity contribution in [1.82, 2.24) is 31.9 Å². The number of amides is 6. The van der Waals surface area contributed by atoms with Gasteiger partial charge in [-0.1, -0.05) is 38.0 Å². The van der Waals surface area contributed by atoms with E-state index in [1.807, 2.05) is 0 Å². The van der Waals surface area contributed by atoms with Crippen molar-refractivity contribution in [3.8, 4) is 34.5 Å². The van der Waals surface area contributed by atoms with Crippen molar-refractivity contribution >= 4 is 125 Å². The molecule has 3 aromatic carbocycles. The van der Waals surface area contributed by atoms with Crippen LogP contribution >= 0.6 is 35.3 Å². The van der Waals surface area contributed by atoms with E-state index in [9.17, 15) is 88.2 Å². The number of aliphatic carboxylic acids is 6. The highest BCUT2D eigenvalue weighted by Crippen LogP contribution is 2.40. The first-order chi connectivity index (χ1) is 42.1. The predicted octanol–water partition coefficient (Wildman–Crippen LogP) is -0.868. The molecule has 0 bridgehead atoms. The summed E-state index contributed by atoms with van der Waals surface area (Å²) < 4.78 is 0. The number of benzene rings is 3. The van der Waals surface area contributed by atoms with E-state index in [0.717, 1.165) is 35.3 Å². The summed E-state index contributed by atoms with van der Waals surface area (Å²) in [5.74, 6) is -14.6. The molecule has 0 saturated heterocycles. The molecule has 0 aliphatic heterocycles. The Morgan fingerprint density at radius 1 is 0.433 bits per heavy atom. The molecule has 3 rings (SSSR count). The fourth-order valence-electron chi connectivity index (χ4n) is 6.54. The minimum Gasteiger partial charge on any atom is -0.504 e. The molecule has 3 aromatic rings. The van der Waals surface area contributed by atoms with E-state index in [1.54, 1.807) is 0 Å². The van der Waals surface area contributed by atoms with Crippen LogP contribution in [-0.4, -0.2) is 206 Å². The third-order valence-electron chi connectivity index (χ3n) is 11.4. The zero-order valence-corrected chi connectivity index (χ0v) is 49.9. The maximum absolute atomic E-state index is 12.3. The van der Waals surface area contributed by atoms with Crippen LogP contribution in [0.2, 0.25) is 0 Å². The molecule has 24 N–H and O–H groups in total. The first-order valence-electron chi connectivity index (χ1n) is 25.9. The van der Waals surface area contributed by atoms with E-state index in [0.29, 0.717) is 21.6 Å². The molecule has 0 radical (unpaired) electrons. The van der Waals surface area contributed by atoms with Crippen LogP contribution in [0.3, 0.4) is 0 Å². The first-order valence-corrected chi connectivity index (χ1v) is 28.9. The predicted molar refractivity (Wildman–Crippen MR) is 324 cm³/mol. The number of hydrogen-bond donors (Lipinski definition) is 21. The van der Waals surface area contributed by atoms with Gasteiger partial charge in [-0.3, -0.25) is 57.5 Å². The minimum atomic E-state index is -1.28. The summed E-state index contributed by atoms with van der Waals surface area (Å²) in [5.41, 5.74) is 17.5. The molecular weight excluding hydrogens is 1250 g/mol. The molecule has 90 heavy (non-hydrogen) atoms. The smallest absolute Gasteiger partial charge is 0.322 e. The molecule has 492 valence electrons. The molecule has 0 fully saturated rings. The number of phenols is 6. The Morgan fingerprint density at radius 2 is 0.800 bits per heavy atom. The second kappa shape index (κ2) is 39.9. The summed E-state index contributed by atoms with van der Waals surface area (Å²) in [6.45, 7) is 8.76. The number of carbonyl (C=O) groups excluding carboxylic acids is 6. The van der Waals surface area contributed by atoms with Crippen molar-refractivity contribution in [1.29, 1.82) is 0 Å². The third-order valence-corrected chi connectivity index (χ3v) is 14.9. The van der Waals surface area contributed by atoms with Crippen molar-refractivity contribution < 1.29 is 119 Å². The fourth-order valence-corrected chi connectivity index (χ4v) is 9.79. The molecule has 0 aromatic heterocycles. The highest BCUT2D eigenvalue weighted by Gasteiger charge is 2.28. The monoisotopic (exact) mass is 1320 g/mol. The van der Waals surface area contributed by atoms with E-state index in [1.165, 1.54) is 54.6 Å². The molecule has 0 aliphatic rings. The topological polar surface area (TPSA) is 598 Å². The summed E-state index contributed by atoms with van der Waals surface area (Å²) in [6.07, 6.45) is 3.03. The number of carboxylic acid groups (broad SMARTS) is 6. The number of carboxylic acids is 6. The van der Waals surface area contributed by atoms with E-state index in [2.05, 4.69) is 51.6 Å². The van der Waals surface area contributed by atoms with Crippen molar-refractivity contribution in [2.45, 2.75) is 89.5 Å². The zero-order valence-electron chi connectivity index (χ0n) is 47.5. The maximum atomic E-state index is 12.3. The SMILES string of the molecule is C=Cc1cc(O)c(O)c(SC[C@H](NC(=O)CC[C@H](N)C(=O)O)C(=O)NCC(=O)O)c1.C=Cc1cc(O)c(O)cc1SC[C@H](NC(=O)CC[C@H](N)C(=O)O)C(=O)NCC(=O)O.C=Cc1ccc(O)c(O)c1SC[C@H](NC(=O)CC[C@H](N)C(=O)O)C(=O)NCC(=O)O. The second-order valence-corrected chi connectivity index (χ2v) is 21.5. The number of phenolic OH excluding ortho intramolecular Hbond substituents is 6. The quantitative estimate of drug-likeness (QED) is 0.0249. The number of nitrogens with one attached hydrogen (secondary N) is 6. The Hall–Kier alpha value is -9.75. The Kier molecular flexibility index (Phi) is 34.7. The molecule has 36 heteroatoms. The number of aromatic hydroxyl groups is 6. The highest BCUT2D eigenvalue weighted by atomic mass is 32.2. The highest BCUT2D eigenvalue weighted by molar-refractivity contribution is 8.00. The van der Waals surface area contributed by atoms with Crippen molar-refractivity contribution in [2.75, 3.05) is 36.9 Å². The van der Waals surface area contributed by atoms with Gasteiger partial charge >= 0.3 is 35.8 Å². The maximum Gasteiger partial charge on any atom is 0.322 e. The number of hydrogen-bond acceptors (Lipinski definition) is 24. The molecule has 6 amide bonds. The van der Waals surface area contributed by atoms with Crippen molar-refractivity contribution in [3.05, 3.63) is 72.8 Å². The van der Waals surface area contributed by atoms with Gasteiger partial charge in [0, 0.05) is 41.4 Å². The van der Waals surface area contributed by atoms with Crippen LogP contribution in [-0.2, 0) is 57.5 Å². The van der Waals surface area contributed by atoms with Crippen molar-refractivity contribution in [2.24, 2.45) is 17.2 Å². The minimum absolute atomic E-state index is 0.0484. The lowest BCUT2D eigenvalue weighted by atomic mass is 10.1. The van der Waals surface area contributed by atoms with Gasteiger partial charge < -0.3 is 110 Å². The van der Waals surface area contributed by atoms with Gasteiger partial charge in [-0.2, -0.15) is 0 Å². The number of thioether (sulfide) groups is 3. The van der Waals surface area contributed by atoms with Gasteiger partial charge in [-0.25, -0.2) is 0 Å². The summed E-state index contributed by atoms with van der Waals surface area (Å²) in [4.78, 5) is 138. The van der Waals surface area contributed by atoms with Gasteiger partial charge in [0.15, 0.2) is 34.5 Å². The largest absolute Gasteiger partial charge is 0.504 e. The van der Waals surface area contributed by atoms with Gasteiger partial charge in [0.05, 0.1) is 9.79 Å². The lowest BCUT2D eigenvalue weighted by Crippen LogP contribution is -2.49. The molecule has 0 heterocycles. The molecule has 0 saturated carbocycles. The van der Waals surface area contributed by atoms with E-state index in [-0.39, 0.29) is 82.8 Å². The number of rotatable bonds is 36. The van der Waals surface area contributed by atoms with Crippen LogP contribution in [0.25, 0.3) is 18.2 Å². The van der Waals surface area contributed by atoms with Gasteiger partial charge in [0.2, 0.25) is 35.4 Å². The Morgan fingerprint density at radius 3 is 1.16 bits per heavy atom. The van der Waals surface area contributed by atoms with Crippen LogP contribution in [0.15, 0.2) is 70.8 Å². The third kappa shape index (κ3) is 29.3. The average Bonchev–Trinajstić information content (AvgIpc) is 1.13. The van der Waals surface area contributed by atoms with Gasteiger partial charge in [-0.15, -0.1) is 35.3 Å². The molecular formula is C54H69N9O24S3. The second-order valence-electron chi connectivity index (χ2n) is 18.3. The van der Waals surface area contributed by atoms with Gasteiger partial charge in [0.25, 0.3) is 0 Å².